The first-order chi connectivity index (χ1) is 9.91. The minimum absolute atomic E-state index is 0.385. The van der Waals surface area contributed by atoms with Gasteiger partial charge in [-0.1, -0.05) is 16.9 Å². The first-order valence-corrected chi connectivity index (χ1v) is 6.36. The molecule has 0 saturated carbocycles. The van der Waals surface area contributed by atoms with E-state index < -0.39 is 17.6 Å². The fraction of sp³-hybridized carbons (Fsp3) is 0.0833. The lowest BCUT2D eigenvalue weighted by Gasteiger charge is -2.13. The van der Waals surface area contributed by atoms with E-state index in [4.69, 9.17) is 10.9 Å². The number of hydrogen-bond acceptors (Lipinski definition) is 5. The van der Waals surface area contributed by atoms with Crippen LogP contribution in [0.5, 0.6) is 0 Å². The van der Waals surface area contributed by atoms with Gasteiger partial charge in [0.05, 0.1) is 5.56 Å². The number of benzene rings is 1. The molecule has 1 aromatic carbocycles. The van der Waals surface area contributed by atoms with Crippen LogP contribution in [0.3, 0.4) is 0 Å². The summed E-state index contributed by atoms with van der Waals surface area (Å²) in [5.74, 6) is -0.604. The van der Waals surface area contributed by atoms with Gasteiger partial charge in [-0.3, -0.25) is 0 Å². The molecule has 0 saturated heterocycles. The van der Waals surface area contributed by atoms with Crippen molar-refractivity contribution >= 4 is 17.6 Å². The number of aromatic nitrogens is 2. The van der Waals surface area contributed by atoms with Crippen LogP contribution < -0.4 is 5.73 Å². The lowest BCUT2D eigenvalue weighted by Crippen LogP contribution is -2.20. The van der Waals surface area contributed by atoms with Crippen LogP contribution in [0.1, 0.15) is 11.1 Å². The summed E-state index contributed by atoms with van der Waals surface area (Å²) >= 11 is 1.14. The lowest BCUT2D eigenvalue weighted by molar-refractivity contribution is -0.137. The largest absolute Gasteiger partial charge is 0.417 e. The quantitative estimate of drug-likeness (QED) is 0.299. The second kappa shape index (κ2) is 6.00. The molecule has 0 aliphatic rings. The Labute approximate surface area is 121 Å². The third kappa shape index (κ3) is 3.63. The Balaban J connectivity index is 2.43. The zero-order chi connectivity index (χ0) is 15.5. The molecule has 0 bridgehead atoms. The van der Waals surface area contributed by atoms with E-state index in [1.807, 2.05) is 0 Å². The number of amidine groups is 1. The van der Waals surface area contributed by atoms with Crippen LogP contribution in [0.25, 0.3) is 0 Å². The smallest absolute Gasteiger partial charge is 0.409 e. The Morgan fingerprint density at radius 3 is 2.62 bits per heavy atom. The van der Waals surface area contributed by atoms with Crippen molar-refractivity contribution in [3.8, 4) is 0 Å². The van der Waals surface area contributed by atoms with Crippen molar-refractivity contribution in [2.24, 2.45) is 10.9 Å². The first kappa shape index (κ1) is 15.1. The molecule has 0 amide bonds. The number of oxime groups is 1. The topological polar surface area (TPSA) is 84.4 Å². The molecule has 2 aromatic rings. The summed E-state index contributed by atoms with van der Waals surface area (Å²) in [6.45, 7) is 0. The van der Waals surface area contributed by atoms with Crippen molar-refractivity contribution in [3.05, 3.63) is 47.9 Å². The SMILES string of the molecule is N/C(=N/O)c1cc(Sc2ccncn2)ccc1C(F)(F)F. The highest BCUT2D eigenvalue weighted by Crippen LogP contribution is 2.35. The van der Waals surface area contributed by atoms with Gasteiger partial charge in [0.2, 0.25) is 0 Å². The van der Waals surface area contributed by atoms with Crippen LogP contribution in [-0.2, 0) is 6.18 Å². The summed E-state index contributed by atoms with van der Waals surface area (Å²) < 4.78 is 38.7. The number of nitrogens with zero attached hydrogens (tertiary/aromatic N) is 3. The highest BCUT2D eigenvalue weighted by Gasteiger charge is 2.34. The molecule has 0 aliphatic carbocycles. The first-order valence-electron chi connectivity index (χ1n) is 5.55. The molecule has 0 spiro atoms. The highest BCUT2D eigenvalue weighted by molar-refractivity contribution is 7.99. The van der Waals surface area contributed by atoms with Crippen LogP contribution in [0.15, 0.2) is 51.9 Å². The predicted molar refractivity (Wildman–Crippen MR) is 70.1 cm³/mol. The number of nitrogens with two attached hydrogens (primary N) is 1. The molecule has 110 valence electrons. The summed E-state index contributed by atoms with van der Waals surface area (Å²) in [7, 11) is 0. The molecule has 0 radical (unpaired) electrons. The molecule has 0 aliphatic heterocycles. The Bertz CT molecular complexity index is 661. The van der Waals surface area contributed by atoms with Gasteiger partial charge < -0.3 is 10.9 Å². The number of hydrogen-bond donors (Lipinski definition) is 2. The molecule has 2 rings (SSSR count). The maximum Gasteiger partial charge on any atom is 0.417 e. The number of alkyl halides is 3. The summed E-state index contributed by atoms with van der Waals surface area (Å²) in [5.41, 5.74) is 3.97. The van der Waals surface area contributed by atoms with Gasteiger partial charge in [-0.15, -0.1) is 0 Å². The Morgan fingerprint density at radius 2 is 2.05 bits per heavy atom. The summed E-state index contributed by atoms with van der Waals surface area (Å²) in [5, 5.41) is 11.8. The minimum atomic E-state index is -4.59. The van der Waals surface area contributed by atoms with Crippen LogP contribution in [0.4, 0.5) is 13.2 Å². The maximum absolute atomic E-state index is 12.9. The van der Waals surface area contributed by atoms with E-state index in [0.29, 0.717) is 9.92 Å². The van der Waals surface area contributed by atoms with E-state index in [1.54, 1.807) is 6.07 Å². The standard InChI is InChI=1S/C12H9F3N4OS/c13-12(14,15)9-2-1-7(5-8(9)11(16)19-20)21-10-3-4-17-6-18-10/h1-6,20H,(H2,16,19). The zero-order valence-corrected chi connectivity index (χ0v) is 11.2. The van der Waals surface area contributed by atoms with Gasteiger partial charge in [-0.05, 0) is 24.3 Å². The van der Waals surface area contributed by atoms with Crippen molar-refractivity contribution < 1.29 is 18.4 Å². The molecule has 1 heterocycles. The predicted octanol–water partition coefficient (Wildman–Crippen LogP) is 2.74. The fourth-order valence-corrected chi connectivity index (χ4v) is 2.34. The molecule has 3 N–H and O–H groups in total. The van der Waals surface area contributed by atoms with E-state index in [0.717, 1.165) is 17.8 Å². The van der Waals surface area contributed by atoms with E-state index >= 15 is 0 Å². The molecular weight excluding hydrogens is 305 g/mol. The van der Waals surface area contributed by atoms with Gasteiger partial charge in [0.1, 0.15) is 11.4 Å². The van der Waals surface area contributed by atoms with Crippen LogP contribution >= 0.6 is 11.8 Å². The second-order valence-electron chi connectivity index (χ2n) is 3.84. The molecule has 0 unspecified atom stereocenters. The fourth-order valence-electron chi connectivity index (χ4n) is 1.56. The normalized spacial score (nSPS) is 12.4. The molecule has 0 atom stereocenters. The van der Waals surface area contributed by atoms with E-state index in [2.05, 4.69) is 15.1 Å². The van der Waals surface area contributed by atoms with Crippen molar-refractivity contribution in [1.82, 2.24) is 9.97 Å². The molecular formula is C12H9F3N4OS. The molecule has 5 nitrogen and oxygen atoms in total. The van der Waals surface area contributed by atoms with Crippen molar-refractivity contribution in [3.63, 3.8) is 0 Å². The van der Waals surface area contributed by atoms with Gasteiger partial charge in [-0.2, -0.15) is 13.2 Å². The van der Waals surface area contributed by atoms with Gasteiger partial charge >= 0.3 is 6.18 Å². The summed E-state index contributed by atoms with van der Waals surface area (Å²) in [4.78, 5) is 8.18. The number of halogens is 3. The van der Waals surface area contributed by atoms with Crippen LogP contribution in [0, 0.1) is 0 Å². The third-order valence-corrected chi connectivity index (χ3v) is 3.40. The monoisotopic (exact) mass is 314 g/mol. The summed E-state index contributed by atoms with van der Waals surface area (Å²) in [6.07, 6.45) is -1.75. The highest BCUT2D eigenvalue weighted by atomic mass is 32.2. The Morgan fingerprint density at radius 1 is 1.29 bits per heavy atom. The van der Waals surface area contributed by atoms with Crippen molar-refractivity contribution in [1.29, 1.82) is 0 Å². The van der Waals surface area contributed by atoms with Crippen LogP contribution in [0.2, 0.25) is 0 Å². The van der Waals surface area contributed by atoms with E-state index in [1.165, 1.54) is 24.7 Å². The maximum atomic E-state index is 12.9. The molecule has 9 heteroatoms. The molecule has 1 aromatic heterocycles. The Kier molecular flexibility index (Phi) is 4.32. The zero-order valence-electron chi connectivity index (χ0n) is 10.4. The van der Waals surface area contributed by atoms with Gasteiger partial charge in [0.25, 0.3) is 0 Å². The van der Waals surface area contributed by atoms with Gasteiger partial charge in [0.15, 0.2) is 5.84 Å². The average molecular weight is 314 g/mol. The summed E-state index contributed by atoms with van der Waals surface area (Å²) in [6, 6.07) is 5.00. The van der Waals surface area contributed by atoms with Gasteiger partial charge in [0, 0.05) is 16.7 Å². The van der Waals surface area contributed by atoms with E-state index in [9.17, 15) is 13.2 Å². The van der Waals surface area contributed by atoms with Crippen LogP contribution in [-0.4, -0.2) is 21.0 Å². The van der Waals surface area contributed by atoms with Crippen molar-refractivity contribution in [2.75, 3.05) is 0 Å². The van der Waals surface area contributed by atoms with Crippen molar-refractivity contribution in [2.45, 2.75) is 16.1 Å². The average Bonchev–Trinajstić information content (AvgIpc) is 2.46. The molecule has 0 fully saturated rings. The Hall–Kier alpha value is -2.29. The lowest BCUT2D eigenvalue weighted by atomic mass is 10.1. The minimum Gasteiger partial charge on any atom is -0.409 e. The third-order valence-electron chi connectivity index (χ3n) is 2.46. The van der Waals surface area contributed by atoms with E-state index in [-0.39, 0.29) is 5.56 Å². The van der Waals surface area contributed by atoms with Gasteiger partial charge in [-0.25, -0.2) is 9.97 Å². The second-order valence-corrected chi connectivity index (χ2v) is 4.93. The molecule has 21 heavy (non-hydrogen) atoms. The number of rotatable bonds is 3.